The molecule has 0 radical (unpaired) electrons. The van der Waals surface area contributed by atoms with Crippen LogP contribution in [0.3, 0.4) is 0 Å². The number of aromatic nitrogens is 1. The van der Waals surface area contributed by atoms with Crippen LogP contribution in [0, 0.1) is 6.92 Å². The zero-order valence-corrected chi connectivity index (χ0v) is 10.2. The maximum absolute atomic E-state index is 5.75. The third-order valence-corrected chi connectivity index (χ3v) is 3.20. The van der Waals surface area contributed by atoms with Gasteiger partial charge in [-0.3, -0.25) is 0 Å². The van der Waals surface area contributed by atoms with Gasteiger partial charge in [0.1, 0.15) is 5.82 Å². The van der Waals surface area contributed by atoms with E-state index in [1.165, 1.54) is 16.3 Å². The number of rotatable bonds is 1. The second-order valence-corrected chi connectivity index (χ2v) is 4.49. The van der Waals surface area contributed by atoms with Crippen molar-refractivity contribution in [2.24, 2.45) is 0 Å². The molecule has 1 aromatic heterocycles. The van der Waals surface area contributed by atoms with Crippen molar-refractivity contribution in [2.75, 3.05) is 5.73 Å². The minimum atomic E-state index is 0.597. The molecule has 0 aliphatic rings. The van der Waals surface area contributed by atoms with E-state index in [9.17, 15) is 0 Å². The van der Waals surface area contributed by atoms with Crippen LogP contribution in [-0.2, 0) is 0 Å². The summed E-state index contributed by atoms with van der Waals surface area (Å²) < 4.78 is 0. The van der Waals surface area contributed by atoms with Gasteiger partial charge in [-0.25, -0.2) is 4.98 Å². The fourth-order valence-electron chi connectivity index (χ4n) is 2.11. The molecule has 0 saturated carbocycles. The van der Waals surface area contributed by atoms with Crippen molar-refractivity contribution in [3.05, 3.63) is 60.3 Å². The summed E-state index contributed by atoms with van der Waals surface area (Å²) in [6, 6.07) is 16.9. The fraction of sp³-hybridized carbons (Fsp3) is 0.0625. The molecule has 0 bridgehead atoms. The highest BCUT2D eigenvalue weighted by atomic mass is 14.8. The SMILES string of the molecule is Cc1cc(-c2ccc3ccccc3c2)cnc1N. The molecule has 0 amide bonds. The van der Waals surface area contributed by atoms with Crippen LogP contribution in [0.1, 0.15) is 5.56 Å². The molecular formula is C16H14N2. The molecule has 2 heteroatoms. The Bertz CT molecular complexity index is 717. The zero-order chi connectivity index (χ0) is 12.5. The summed E-state index contributed by atoms with van der Waals surface area (Å²) in [4.78, 5) is 4.21. The summed E-state index contributed by atoms with van der Waals surface area (Å²) in [7, 11) is 0. The van der Waals surface area contributed by atoms with E-state index < -0.39 is 0 Å². The van der Waals surface area contributed by atoms with Crippen LogP contribution in [0.5, 0.6) is 0 Å². The first-order valence-electron chi connectivity index (χ1n) is 5.95. The number of pyridine rings is 1. The second kappa shape index (κ2) is 4.15. The van der Waals surface area contributed by atoms with E-state index in [1.807, 2.05) is 13.1 Å². The molecule has 3 rings (SSSR count). The molecule has 2 N–H and O–H groups in total. The van der Waals surface area contributed by atoms with Gasteiger partial charge in [-0.05, 0) is 41.0 Å². The zero-order valence-electron chi connectivity index (χ0n) is 10.2. The van der Waals surface area contributed by atoms with Crippen LogP contribution in [0.4, 0.5) is 5.82 Å². The van der Waals surface area contributed by atoms with Gasteiger partial charge in [0.25, 0.3) is 0 Å². The van der Waals surface area contributed by atoms with Crippen molar-refractivity contribution in [3.8, 4) is 11.1 Å². The average molecular weight is 234 g/mol. The smallest absolute Gasteiger partial charge is 0.126 e. The molecule has 0 saturated heterocycles. The largest absolute Gasteiger partial charge is 0.383 e. The van der Waals surface area contributed by atoms with Gasteiger partial charge in [0.15, 0.2) is 0 Å². The molecule has 2 aromatic carbocycles. The number of fused-ring (bicyclic) bond motifs is 1. The standard InChI is InChI=1S/C16H14N2/c1-11-8-15(10-18-16(11)17)14-7-6-12-4-2-3-5-13(12)9-14/h2-10H,1H3,(H2,17,18). The van der Waals surface area contributed by atoms with Gasteiger partial charge in [-0.15, -0.1) is 0 Å². The predicted octanol–water partition coefficient (Wildman–Crippen LogP) is 3.79. The Morgan fingerprint density at radius 3 is 2.44 bits per heavy atom. The summed E-state index contributed by atoms with van der Waals surface area (Å²) in [6.45, 7) is 1.98. The molecule has 0 aliphatic heterocycles. The van der Waals surface area contributed by atoms with Crippen molar-refractivity contribution in [1.29, 1.82) is 0 Å². The summed E-state index contributed by atoms with van der Waals surface area (Å²) in [5.74, 6) is 0.597. The van der Waals surface area contributed by atoms with Gasteiger partial charge in [0.05, 0.1) is 0 Å². The lowest BCUT2D eigenvalue weighted by atomic mass is 10.0. The first-order chi connectivity index (χ1) is 8.74. The van der Waals surface area contributed by atoms with Crippen LogP contribution in [0.2, 0.25) is 0 Å². The van der Waals surface area contributed by atoms with Crippen molar-refractivity contribution < 1.29 is 0 Å². The van der Waals surface area contributed by atoms with Crippen molar-refractivity contribution in [3.63, 3.8) is 0 Å². The number of hydrogen-bond donors (Lipinski definition) is 1. The van der Waals surface area contributed by atoms with Crippen molar-refractivity contribution in [1.82, 2.24) is 4.98 Å². The average Bonchev–Trinajstić information content (AvgIpc) is 2.41. The third-order valence-electron chi connectivity index (χ3n) is 3.20. The van der Waals surface area contributed by atoms with Crippen molar-refractivity contribution in [2.45, 2.75) is 6.92 Å². The van der Waals surface area contributed by atoms with Crippen LogP contribution < -0.4 is 5.73 Å². The molecule has 0 spiro atoms. The molecule has 1 heterocycles. The van der Waals surface area contributed by atoms with Crippen LogP contribution in [0.25, 0.3) is 21.9 Å². The Labute approximate surface area is 106 Å². The van der Waals surface area contributed by atoms with E-state index in [4.69, 9.17) is 5.73 Å². The fourth-order valence-corrected chi connectivity index (χ4v) is 2.11. The Balaban J connectivity index is 2.16. The van der Waals surface area contributed by atoms with Gasteiger partial charge >= 0.3 is 0 Å². The Hall–Kier alpha value is -2.35. The van der Waals surface area contributed by atoms with Gasteiger partial charge in [0.2, 0.25) is 0 Å². The highest BCUT2D eigenvalue weighted by Gasteiger charge is 2.02. The van der Waals surface area contributed by atoms with E-state index in [2.05, 4.69) is 53.5 Å². The summed E-state index contributed by atoms with van der Waals surface area (Å²) in [5, 5.41) is 2.49. The van der Waals surface area contributed by atoms with E-state index in [-0.39, 0.29) is 0 Å². The Morgan fingerprint density at radius 2 is 1.67 bits per heavy atom. The third kappa shape index (κ3) is 1.82. The lowest BCUT2D eigenvalue weighted by molar-refractivity contribution is 1.28. The normalized spacial score (nSPS) is 10.7. The lowest BCUT2D eigenvalue weighted by Gasteiger charge is -2.06. The predicted molar refractivity (Wildman–Crippen MR) is 76.3 cm³/mol. The monoisotopic (exact) mass is 234 g/mol. The first kappa shape index (κ1) is 10.8. The number of nitrogens with two attached hydrogens (primary N) is 1. The highest BCUT2D eigenvalue weighted by Crippen LogP contribution is 2.25. The number of anilines is 1. The molecule has 0 aliphatic carbocycles. The van der Waals surface area contributed by atoms with E-state index in [0.29, 0.717) is 5.82 Å². The molecule has 3 aromatic rings. The number of nitrogen functional groups attached to an aromatic ring is 1. The topological polar surface area (TPSA) is 38.9 Å². The Kier molecular flexibility index (Phi) is 2.49. The molecule has 0 fully saturated rings. The van der Waals surface area contributed by atoms with Crippen LogP contribution >= 0.6 is 0 Å². The maximum Gasteiger partial charge on any atom is 0.126 e. The van der Waals surface area contributed by atoms with E-state index >= 15 is 0 Å². The number of aryl methyl sites for hydroxylation is 1. The molecular weight excluding hydrogens is 220 g/mol. The molecule has 88 valence electrons. The minimum Gasteiger partial charge on any atom is -0.383 e. The van der Waals surface area contributed by atoms with E-state index in [0.717, 1.165) is 11.1 Å². The lowest BCUT2D eigenvalue weighted by Crippen LogP contribution is -1.93. The first-order valence-corrected chi connectivity index (χ1v) is 5.95. The van der Waals surface area contributed by atoms with Gasteiger partial charge in [0, 0.05) is 11.8 Å². The second-order valence-electron chi connectivity index (χ2n) is 4.49. The van der Waals surface area contributed by atoms with E-state index in [1.54, 1.807) is 0 Å². The number of hydrogen-bond acceptors (Lipinski definition) is 2. The van der Waals surface area contributed by atoms with Gasteiger partial charge in [-0.2, -0.15) is 0 Å². The van der Waals surface area contributed by atoms with Crippen LogP contribution in [0.15, 0.2) is 54.7 Å². The van der Waals surface area contributed by atoms with Crippen molar-refractivity contribution >= 4 is 16.6 Å². The summed E-state index contributed by atoms with van der Waals surface area (Å²) in [5.41, 5.74) is 9.04. The molecule has 18 heavy (non-hydrogen) atoms. The highest BCUT2D eigenvalue weighted by molar-refractivity contribution is 5.87. The van der Waals surface area contributed by atoms with Crippen LogP contribution in [-0.4, -0.2) is 4.98 Å². The summed E-state index contributed by atoms with van der Waals surface area (Å²) in [6.07, 6.45) is 1.83. The quantitative estimate of drug-likeness (QED) is 0.695. The summed E-state index contributed by atoms with van der Waals surface area (Å²) >= 11 is 0. The Morgan fingerprint density at radius 1 is 0.889 bits per heavy atom. The minimum absolute atomic E-state index is 0.597. The van der Waals surface area contributed by atoms with Gasteiger partial charge < -0.3 is 5.73 Å². The molecule has 0 unspecified atom stereocenters. The number of nitrogens with zero attached hydrogens (tertiary/aromatic N) is 1. The molecule has 0 atom stereocenters. The van der Waals surface area contributed by atoms with Gasteiger partial charge in [-0.1, -0.05) is 36.4 Å². The number of benzene rings is 2. The molecule has 2 nitrogen and oxygen atoms in total. The maximum atomic E-state index is 5.75.